The van der Waals surface area contributed by atoms with Crippen LogP contribution >= 0.6 is 0 Å². The third-order valence-electron chi connectivity index (χ3n) is 3.87. The third kappa shape index (κ3) is 2.91. The molecule has 1 aliphatic carbocycles. The van der Waals surface area contributed by atoms with Crippen LogP contribution in [-0.4, -0.2) is 44.4 Å². The Morgan fingerprint density at radius 2 is 2.27 bits per heavy atom. The highest BCUT2D eigenvalue weighted by atomic mass is 16.5. The van der Waals surface area contributed by atoms with Gasteiger partial charge in [0.2, 0.25) is 11.7 Å². The van der Waals surface area contributed by atoms with Gasteiger partial charge in [-0.25, -0.2) is 9.97 Å². The smallest absolute Gasteiger partial charge is 0.289 e. The van der Waals surface area contributed by atoms with E-state index in [0.29, 0.717) is 18.7 Å². The minimum atomic E-state index is -0.334. The Morgan fingerprint density at radius 3 is 2.82 bits per heavy atom. The lowest BCUT2D eigenvalue weighted by molar-refractivity contribution is 0.0233. The predicted molar refractivity (Wildman–Crippen MR) is 76.1 cm³/mol. The van der Waals surface area contributed by atoms with Gasteiger partial charge in [-0.2, -0.15) is 5.10 Å². The zero-order valence-electron chi connectivity index (χ0n) is 12.1. The molecule has 8 heteroatoms. The van der Waals surface area contributed by atoms with Crippen molar-refractivity contribution in [1.29, 1.82) is 0 Å². The number of carbonyl (C=O) groups excluding carboxylic acids is 1. The number of aromatic nitrogens is 4. The van der Waals surface area contributed by atoms with E-state index >= 15 is 0 Å². The maximum absolute atomic E-state index is 12.2. The standard InChI is InChI=1S/C14H17N5O3/c1-22-11-3-2-8(6-15-11)12(9-4-10(20)5-9)18-14(21)13-16-7-17-19-13/h2-3,6-7,9-10,12,20H,4-5H2,1H3,(H,18,21)(H,16,17,19)/t9?,10?,12-/m1/s1. The van der Waals surface area contributed by atoms with Gasteiger partial charge in [-0.15, -0.1) is 0 Å². The Bertz CT molecular complexity index is 622. The molecule has 2 aromatic rings. The zero-order chi connectivity index (χ0) is 15.5. The molecule has 2 aromatic heterocycles. The van der Waals surface area contributed by atoms with Crippen molar-refractivity contribution in [2.24, 2.45) is 5.92 Å². The van der Waals surface area contributed by atoms with Gasteiger partial charge in [-0.05, 0) is 24.3 Å². The maximum atomic E-state index is 12.2. The van der Waals surface area contributed by atoms with Crippen LogP contribution in [0.5, 0.6) is 5.88 Å². The number of aromatic amines is 1. The van der Waals surface area contributed by atoms with E-state index in [2.05, 4.69) is 25.5 Å². The highest BCUT2D eigenvalue weighted by molar-refractivity contribution is 5.90. The van der Waals surface area contributed by atoms with Crippen LogP contribution in [0, 0.1) is 5.92 Å². The van der Waals surface area contributed by atoms with Crippen LogP contribution in [0.3, 0.4) is 0 Å². The van der Waals surface area contributed by atoms with Crippen LogP contribution in [0.1, 0.15) is 35.1 Å². The maximum Gasteiger partial charge on any atom is 0.289 e. The van der Waals surface area contributed by atoms with Crippen molar-refractivity contribution in [3.63, 3.8) is 0 Å². The third-order valence-corrected chi connectivity index (χ3v) is 3.87. The van der Waals surface area contributed by atoms with Crippen molar-refractivity contribution >= 4 is 5.91 Å². The monoisotopic (exact) mass is 303 g/mol. The van der Waals surface area contributed by atoms with E-state index in [1.807, 2.05) is 6.07 Å². The fraction of sp³-hybridized carbons (Fsp3) is 0.429. The second kappa shape index (κ2) is 6.10. The van der Waals surface area contributed by atoms with Gasteiger partial charge in [-0.3, -0.25) is 9.89 Å². The van der Waals surface area contributed by atoms with Gasteiger partial charge < -0.3 is 15.2 Å². The van der Waals surface area contributed by atoms with Crippen LogP contribution in [0.2, 0.25) is 0 Å². The van der Waals surface area contributed by atoms with Crippen molar-refractivity contribution in [1.82, 2.24) is 25.5 Å². The Labute approximate surface area is 126 Å². The van der Waals surface area contributed by atoms with Crippen molar-refractivity contribution in [3.05, 3.63) is 36.0 Å². The molecular weight excluding hydrogens is 286 g/mol. The Hall–Kier alpha value is -2.48. The molecule has 2 heterocycles. The molecule has 0 radical (unpaired) electrons. The van der Waals surface area contributed by atoms with Crippen LogP contribution in [0.15, 0.2) is 24.7 Å². The van der Waals surface area contributed by atoms with E-state index in [1.165, 1.54) is 6.33 Å². The van der Waals surface area contributed by atoms with Gasteiger partial charge in [0.15, 0.2) is 0 Å². The number of ether oxygens (including phenoxy) is 1. The molecule has 0 saturated heterocycles. The van der Waals surface area contributed by atoms with E-state index < -0.39 is 0 Å². The fourth-order valence-electron chi connectivity index (χ4n) is 2.60. The number of nitrogens with zero attached hydrogens (tertiary/aromatic N) is 3. The van der Waals surface area contributed by atoms with Crippen molar-refractivity contribution < 1.29 is 14.6 Å². The van der Waals surface area contributed by atoms with E-state index in [4.69, 9.17) is 4.74 Å². The van der Waals surface area contributed by atoms with Crippen LogP contribution < -0.4 is 10.1 Å². The lowest BCUT2D eigenvalue weighted by Crippen LogP contribution is -2.41. The summed E-state index contributed by atoms with van der Waals surface area (Å²) in [6.07, 6.45) is 3.95. The first-order valence-corrected chi connectivity index (χ1v) is 7.01. The van der Waals surface area contributed by atoms with Crippen LogP contribution in [-0.2, 0) is 0 Å². The van der Waals surface area contributed by atoms with Crippen molar-refractivity contribution in [2.45, 2.75) is 25.0 Å². The van der Waals surface area contributed by atoms with Gasteiger partial charge >= 0.3 is 0 Å². The summed E-state index contributed by atoms with van der Waals surface area (Å²) in [5, 5.41) is 18.7. The van der Waals surface area contributed by atoms with Crippen LogP contribution in [0.4, 0.5) is 0 Å². The Kier molecular flexibility index (Phi) is 4.01. The largest absolute Gasteiger partial charge is 0.481 e. The summed E-state index contributed by atoms with van der Waals surface area (Å²) in [6.45, 7) is 0. The first kappa shape index (κ1) is 14.5. The molecule has 1 atom stereocenters. The second-order valence-electron chi connectivity index (χ2n) is 5.30. The number of aliphatic hydroxyl groups is 1. The van der Waals surface area contributed by atoms with Gasteiger partial charge in [-0.1, -0.05) is 6.07 Å². The number of hydrogen-bond acceptors (Lipinski definition) is 6. The van der Waals surface area contributed by atoms with Crippen molar-refractivity contribution in [3.8, 4) is 5.88 Å². The summed E-state index contributed by atoms with van der Waals surface area (Å²) in [6, 6.07) is 3.37. The van der Waals surface area contributed by atoms with Crippen molar-refractivity contribution in [2.75, 3.05) is 7.11 Å². The number of hydrogen-bond donors (Lipinski definition) is 3. The normalized spacial score (nSPS) is 21.7. The Morgan fingerprint density at radius 1 is 1.45 bits per heavy atom. The molecule has 22 heavy (non-hydrogen) atoms. The molecule has 8 nitrogen and oxygen atoms in total. The number of rotatable bonds is 5. The average Bonchev–Trinajstić information content (AvgIpc) is 3.04. The molecule has 0 bridgehead atoms. The van der Waals surface area contributed by atoms with Gasteiger partial charge in [0.05, 0.1) is 19.3 Å². The fourth-order valence-corrected chi connectivity index (χ4v) is 2.60. The number of carbonyl (C=O) groups is 1. The molecule has 1 fully saturated rings. The number of H-pyrrole nitrogens is 1. The summed E-state index contributed by atoms with van der Waals surface area (Å²) in [7, 11) is 1.55. The number of aliphatic hydroxyl groups excluding tert-OH is 1. The molecule has 3 rings (SSSR count). The van der Waals surface area contributed by atoms with Crippen LogP contribution in [0.25, 0.3) is 0 Å². The molecule has 116 valence electrons. The lowest BCUT2D eigenvalue weighted by atomic mass is 9.75. The number of methoxy groups -OCH3 is 1. The predicted octanol–water partition coefficient (Wildman–Crippen LogP) is 0.450. The number of nitrogens with one attached hydrogen (secondary N) is 2. The quantitative estimate of drug-likeness (QED) is 0.739. The summed E-state index contributed by atoms with van der Waals surface area (Å²) < 4.78 is 5.05. The van der Waals surface area contributed by atoms with E-state index in [0.717, 1.165) is 5.56 Å². The zero-order valence-corrected chi connectivity index (χ0v) is 12.1. The highest BCUT2D eigenvalue weighted by Crippen LogP contribution is 2.38. The molecule has 0 unspecified atom stereocenters. The topological polar surface area (TPSA) is 113 Å². The van der Waals surface area contributed by atoms with E-state index in [1.54, 1.807) is 19.4 Å². The Balaban J connectivity index is 1.78. The average molecular weight is 303 g/mol. The molecular formula is C14H17N5O3. The molecule has 0 spiro atoms. The molecule has 1 amide bonds. The van der Waals surface area contributed by atoms with Gasteiger partial charge in [0.25, 0.3) is 5.91 Å². The molecule has 1 aliphatic rings. The highest BCUT2D eigenvalue weighted by Gasteiger charge is 2.36. The van der Waals surface area contributed by atoms with E-state index in [9.17, 15) is 9.90 Å². The van der Waals surface area contributed by atoms with Gasteiger partial charge in [0.1, 0.15) is 6.33 Å². The van der Waals surface area contributed by atoms with E-state index in [-0.39, 0.29) is 29.8 Å². The molecule has 0 aliphatic heterocycles. The summed E-state index contributed by atoms with van der Waals surface area (Å²) in [5.41, 5.74) is 0.866. The minimum absolute atomic E-state index is 0.159. The summed E-state index contributed by atoms with van der Waals surface area (Å²) in [4.78, 5) is 20.2. The lowest BCUT2D eigenvalue weighted by Gasteiger charge is -2.38. The minimum Gasteiger partial charge on any atom is -0.481 e. The summed E-state index contributed by atoms with van der Waals surface area (Å²) in [5.74, 6) is 0.501. The molecule has 3 N–H and O–H groups in total. The van der Waals surface area contributed by atoms with Gasteiger partial charge in [0, 0.05) is 12.3 Å². The number of amides is 1. The summed E-state index contributed by atoms with van der Waals surface area (Å²) >= 11 is 0. The SMILES string of the molecule is COc1ccc([C@@H](NC(=O)c2ncn[nH]2)C2CC(O)C2)cn1. The molecule has 1 saturated carbocycles. The number of pyridine rings is 1. The first-order chi connectivity index (χ1) is 10.7. The second-order valence-corrected chi connectivity index (χ2v) is 5.30. The first-order valence-electron chi connectivity index (χ1n) is 7.01. The molecule has 0 aromatic carbocycles.